The molecule has 1 fully saturated rings. The summed E-state index contributed by atoms with van der Waals surface area (Å²) in [5.41, 5.74) is -0.664. The molecule has 1 rings (SSSR count). The maximum Gasteiger partial charge on any atom is 0.245 e. The van der Waals surface area contributed by atoms with Crippen LogP contribution in [0, 0.1) is 0 Å². The van der Waals surface area contributed by atoms with Gasteiger partial charge in [0.15, 0.2) is 0 Å². The van der Waals surface area contributed by atoms with E-state index < -0.39 is 5.54 Å². The number of rotatable bonds is 9. The second-order valence-corrected chi connectivity index (χ2v) is 6.01. The molecule has 0 aliphatic heterocycles. The Morgan fingerprint density at radius 2 is 1.76 bits per heavy atom. The summed E-state index contributed by atoms with van der Waals surface area (Å²) in [6, 6.07) is 0. The van der Waals surface area contributed by atoms with Gasteiger partial charge in [-0.25, -0.2) is 0 Å². The zero-order chi connectivity index (χ0) is 15.6. The monoisotopic (exact) mass is 297 g/mol. The van der Waals surface area contributed by atoms with Gasteiger partial charge in [-0.2, -0.15) is 0 Å². The minimum absolute atomic E-state index is 0.00204. The van der Waals surface area contributed by atoms with Crippen LogP contribution in [0.5, 0.6) is 0 Å². The van der Waals surface area contributed by atoms with Crippen LogP contribution in [0.1, 0.15) is 64.7 Å². The van der Waals surface area contributed by atoms with Crippen LogP contribution in [0.2, 0.25) is 0 Å². The fourth-order valence-electron chi connectivity index (χ4n) is 2.87. The number of carbonyl (C=O) groups is 2. The Bertz CT molecular complexity index is 325. The molecule has 0 aromatic rings. The van der Waals surface area contributed by atoms with Gasteiger partial charge in [0, 0.05) is 13.0 Å². The minimum atomic E-state index is -0.664. The SMILES string of the molecule is CCCCNC(=O)C1(NC(=O)CCCNC)CCCCC1. The molecule has 0 saturated heterocycles. The van der Waals surface area contributed by atoms with Crippen molar-refractivity contribution in [3.8, 4) is 0 Å². The highest BCUT2D eigenvalue weighted by molar-refractivity contribution is 5.91. The first-order valence-corrected chi connectivity index (χ1v) is 8.38. The highest BCUT2D eigenvalue weighted by Crippen LogP contribution is 2.28. The lowest BCUT2D eigenvalue weighted by Crippen LogP contribution is -2.59. The predicted octanol–water partition coefficient (Wildman–Crippen LogP) is 1.72. The molecule has 1 saturated carbocycles. The van der Waals surface area contributed by atoms with E-state index in [2.05, 4.69) is 22.9 Å². The molecular weight excluding hydrogens is 266 g/mol. The van der Waals surface area contributed by atoms with Crippen molar-refractivity contribution in [2.24, 2.45) is 0 Å². The number of unbranched alkanes of at least 4 members (excludes halogenated alkanes) is 1. The molecule has 5 heteroatoms. The lowest BCUT2D eigenvalue weighted by atomic mass is 9.80. The standard InChI is InChI=1S/C16H31N3O2/c1-3-4-13-18-15(21)16(10-6-5-7-11-16)19-14(20)9-8-12-17-2/h17H,3-13H2,1-2H3,(H,18,21)(H,19,20). The molecule has 2 amide bonds. The lowest BCUT2D eigenvalue weighted by Gasteiger charge is -2.36. The number of carbonyl (C=O) groups excluding carboxylic acids is 2. The first-order valence-electron chi connectivity index (χ1n) is 8.38. The number of nitrogens with one attached hydrogen (secondary N) is 3. The zero-order valence-corrected chi connectivity index (χ0v) is 13.6. The van der Waals surface area contributed by atoms with E-state index in [1.54, 1.807) is 0 Å². The topological polar surface area (TPSA) is 70.2 Å². The highest BCUT2D eigenvalue weighted by atomic mass is 16.2. The van der Waals surface area contributed by atoms with E-state index in [1.165, 1.54) is 0 Å². The fourth-order valence-corrected chi connectivity index (χ4v) is 2.87. The van der Waals surface area contributed by atoms with E-state index in [4.69, 9.17) is 0 Å². The highest BCUT2D eigenvalue weighted by Gasteiger charge is 2.40. The summed E-state index contributed by atoms with van der Waals surface area (Å²) in [6.45, 7) is 3.63. The summed E-state index contributed by atoms with van der Waals surface area (Å²) in [5.74, 6) is 0.00964. The van der Waals surface area contributed by atoms with Gasteiger partial charge in [-0.3, -0.25) is 9.59 Å². The van der Waals surface area contributed by atoms with Gasteiger partial charge in [0.1, 0.15) is 5.54 Å². The van der Waals surface area contributed by atoms with Crippen LogP contribution in [0.3, 0.4) is 0 Å². The maximum atomic E-state index is 12.5. The molecule has 0 heterocycles. The Labute approximate surface area is 128 Å². The Kier molecular flexibility index (Phi) is 8.35. The largest absolute Gasteiger partial charge is 0.354 e. The Morgan fingerprint density at radius 3 is 2.38 bits per heavy atom. The molecule has 0 aromatic carbocycles. The van der Waals surface area contributed by atoms with Gasteiger partial charge >= 0.3 is 0 Å². The molecule has 3 N–H and O–H groups in total. The van der Waals surface area contributed by atoms with Gasteiger partial charge in [-0.15, -0.1) is 0 Å². The molecule has 21 heavy (non-hydrogen) atoms. The van der Waals surface area contributed by atoms with Crippen LogP contribution in [0.15, 0.2) is 0 Å². The van der Waals surface area contributed by atoms with Gasteiger partial charge in [0.2, 0.25) is 11.8 Å². The summed E-state index contributed by atoms with van der Waals surface area (Å²) in [4.78, 5) is 24.6. The fraction of sp³-hybridized carbons (Fsp3) is 0.875. The molecular formula is C16H31N3O2. The predicted molar refractivity (Wildman–Crippen MR) is 85.0 cm³/mol. The first kappa shape index (κ1) is 18.0. The van der Waals surface area contributed by atoms with E-state index in [-0.39, 0.29) is 11.8 Å². The Hall–Kier alpha value is -1.10. The van der Waals surface area contributed by atoms with E-state index in [0.29, 0.717) is 13.0 Å². The third kappa shape index (κ3) is 6.04. The normalized spacial score (nSPS) is 17.2. The van der Waals surface area contributed by atoms with Crippen LogP contribution in [-0.4, -0.2) is 37.5 Å². The van der Waals surface area contributed by atoms with Gasteiger partial charge < -0.3 is 16.0 Å². The molecule has 0 atom stereocenters. The first-order chi connectivity index (χ1) is 10.1. The quantitative estimate of drug-likeness (QED) is 0.568. The molecule has 1 aliphatic carbocycles. The van der Waals surface area contributed by atoms with E-state index in [1.807, 2.05) is 7.05 Å². The maximum absolute atomic E-state index is 12.5. The third-order valence-electron chi connectivity index (χ3n) is 4.17. The van der Waals surface area contributed by atoms with E-state index in [0.717, 1.165) is 57.9 Å². The molecule has 1 aliphatic rings. The van der Waals surface area contributed by atoms with Crippen molar-refractivity contribution in [1.29, 1.82) is 0 Å². The van der Waals surface area contributed by atoms with E-state index in [9.17, 15) is 9.59 Å². The van der Waals surface area contributed by atoms with Crippen molar-refractivity contribution < 1.29 is 9.59 Å². The third-order valence-corrected chi connectivity index (χ3v) is 4.17. The average Bonchev–Trinajstić information content (AvgIpc) is 2.48. The van der Waals surface area contributed by atoms with Crippen LogP contribution in [0.4, 0.5) is 0 Å². The van der Waals surface area contributed by atoms with Crippen molar-refractivity contribution in [2.75, 3.05) is 20.1 Å². The van der Waals surface area contributed by atoms with Crippen LogP contribution in [0.25, 0.3) is 0 Å². The molecule has 5 nitrogen and oxygen atoms in total. The van der Waals surface area contributed by atoms with Crippen molar-refractivity contribution >= 4 is 11.8 Å². The van der Waals surface area contributed by atoms with Gasteiger partial charge in [-0.05, 0) is 39.3 Å². The lowest BCUT2D eigenvalue weighted by molar-refractivity contribution is -0.135. The Morgan fingerprint density at radius 1 is 1.05 bits per heavy atom. The summed E-state index contributed by atoms with van der Waals surface area (Å²) in [7, 11) is 1.88. The number of hydrogen-bond acceptors (Lipinski definition) is 3. The minimum Gasteiger partial charge on any atom is -0.354 e. The molecule has 0 unspecified atom stereocenters. The molecule has 0 bridgehead atoms. The smallest absolute Gasteiger partial charge is 0.245 e. The molecule has 0 spiro atoms. The van der Waals surface area contributed by atoms with Crippen LogP contribution in [-0.2, 0) is 9.59 Å². The number of amides is 2. The summed E-state index contributed by atoms with van der Waals surface area (Å²) in [6.07, 6.45) is 8.03. The number of hydrogen-bond donors (Lipinski definition) is 3. The van der Waals surface area contributed by atoms with Crippen molar-refractivity contribution in [3.05, 3.63) is 0 Å². The Balaban J connectivity index is 2.56. The van der Waals surface area contributed by atoms with Crippen LogP contribution < -0.4 is 16.0 Å². The summed E-state index contributed by atoms with van der Waals surface area (Å²) in [5, 5.41) is 9.07. The summed E-state index contributed by atoms with van der Waals surface area (Å²) >= 11 is 0. The summed E-state index contributed by atoms with van der Waals surface area (Å²) < 4.78 is 0. The second kappa shape index (κ2) is 9.77. The second-order valence-electron chi connectivity index (χ2n) is 6.01. The molecule has 0 radical (unpaired) electrons. The molecule has 122 valence electrons. The van der Waals surface area contributed by atoms with Crippen molar-refractivity contribution in [3.63, 3.8) is 0 Å². The zero-order valence-electron chi connectivity index (χ0n) is 13.6. The van der Waals surface area contributed by atoms with Gasteiger partial charge in [-0.1, -0.05) is 32.6 Å². The van der Waals surface area contributed by atoms with Crippen molar-refractivity contribution in [1.82, 2.24) is 16.0 Å². The van der Waals surface area contributed by atoms with Gasteiger partial charge in [0.05, 0.1) is 0 Å². The molecule has 0 aromatic heterocycles. The van der Waals surface area contributed by atoms with E-state index >= 15 is 0 Å². The van der Waals surface area contributed by atoms with Crippen molar-refractivity contribution in [2.45, 2.75) is 70.3 Å². The average molecular weight is 297 g/mol. The van der Waals surface area contributed by atoms with Gasteiger partial charge in [0.25, 0.3) is 0 Å². The van der Waals surface area contributed by atoms with Crippen LogP contribution >= 0.6 is 0 Å².